The van der Waals surface area contributed by atoms with E-state index in [9.17, 15) is 0 Å². The van der Waals surface area contributed by atoms with Crippen molar-refractivity contribution in [1.82, 2.24) is 15.0 Å². The van der Waals surface area contributed by atoms with Crippen LogP contribution in [0.5, 0.6) is 0 Å². The maximum Gasteiger partial charge on any atom is 0.180 e. The van der Waals surface area contributed by atoms with E-state index in [1.807, 2.05) is 48.3 Å². The molecule has 0 aliphatic carbocycles. The fourth-order valence-corrected chi connectivity index (χ4v) is 2.15. The second-order valence-electron chi connectivity index (χ2n) is 4.56. The minimum Gasteiger partial charge on any atom is -0.384 e. The van der Waals surface area contributed by atoms with Gasteiger partial charge in [0.2, 0.25) is 0 Å². The highest BCUT2D eigenvalue weighted by molar-refractivity contribution is 6.01. The Morgan fingerprint density at radius 1 is 1.10 bits per heavy atom. The van der Waals surface area contributed by atoms with Crippen molar-refractivity contribution in [3.05, 3.63) is 54.4 Å². The lowest BCUT2D eigenvalue weighted by atomic mass is 10.1. The monoisotopic (exact) mass is 278 g/mol. The summed E-state index contributed by atoms with van der Waals surface area (Å²) in [5.74, 6) is 0.745. The number of benzene rings is 1. The molecule has 0 bridgehead atoms. The van der Waals surface area contributed by atoms with Gasteiger partial charge in [-0.15, -0.1) is 0 Å². The summed E-state index contributed by atoms with van der Waals surface area (Å²) in [6, 6.07) is 11.2. The molecule has 0 spiro atoms. The predicted molar refractivity (Wildman–Crippen MR) is 82.9 cm³/mol. The van der Waals surface area contributed by atoms with Crippen LogP contribution in [0, 0.1) is 5.41 Å². The Hall–Kier alpha value is -3.02. The zero-order valence-electron chi connectivity index (χ0n) is 11.5. The van der Waals surface area contributed by atoms with E-state index < -0.39 is 0 Å². The van der Waals surface area contributed by atoms with Gasteiger partial charge in [-0.2, -0.15) is 0 Å². The van der Waals surface area contributed by atoms with Gasteiger partial charge in [0.1, 0.15) is 17.2 Å². The van der Waals surface area contributed by atoms with Gasteiger partial charge in [0.15, 0.2) is 5.65 Å². The van der Waals surface area contributed by atoms with Crippen LogP contribution in [0.4, 0.5) is 11.5 Å². The van der Waals surface area contributed by atoms with Gasteiger partial charge < -0.3 is 10.6 Å². The maximum absolute atomic E-state index is 7.67. The SMILES string of the molecule is CN(c1ccc2nccnc2n1)c1ccccc1C(=N)N. The summed E-state index contributed by atoms with van der Waals surface area (Å²) < 4.78 is 0. The second-order valence-corrected chi connectivity index (χ2v) is 4.56. The summed E-state index contributed by atoms with van der Waals surface area (Å²) in [7, 11) is 1.88. The number of rotatable bonds is 3. The van der Waals surface area contributed by atoms with E-state index in [1.54, 1.807) is 12.4 Å². The van der Waals surface area contributed by atoms with E-state index in [4.69, 9.17) is 11.1 Å². The predicted octanol–water partition coefficient (Wildman–Crippen LogP) is 2.08. The van der Waals surface area contributed by atoms with Crippen LogP contribution in [0.2, 0.25) is 0 Å². The Kier molecular flexibility index (Phi) is 3.19. The Morgan fingerprint density at radius 3 is 2.67 bits per heavy atom. The number of nitrogens with zero attached hydrogens (tertiary/aromatic N) is 4. The highest BCUT2D eigenvalue weighted by Crippen LogP contribution is 2.26. The van der Waals surface area contributed by atoms with Crippen LogP contribution in [0.15, 0.2) is 48.8 Å². The lowest BCUT2D eigenvalue weighted by Gasteiger charge is -2.21. The number of anilines is 2. The van der Waals surface area contributed by atoms with Gasteiger partial charge in [-0.3, -0.25) is 10.4 Å². The molecule has 0 atom stereocenters. The van der Waals surface area contributed by atoms with Crippen molar-refractivity contribution in [2.75, 3.05) is 11.9 Å². The molecule has 0 aliphatic heterocycles. The summed E-state index contributed by atoms with van der Waals surface area (Å²) in [6.07, 6.45) is 3.25. The normalized spacial score (nSPS) is 10.5. The Morgan fingerprint density at radius 2 is 1.86 bits per heavy atom. The first-order valence-corrected chi connectivity index (χ1v) is 6.42. The molecule has 0 unspecified atom stereocenters. The zero-order chi connectivity index (χ0) is 14.8. The highest BCUT2D eigenvalue weighted by atomic mass is 15.2. The van der Waals surface area contributed by atoms with E-state index in [0.717, 1.165) is 17.0 Å². The number of fused-ring (bicyclic) bond motifs is 1. The Bertz CT molecular complexity index is 814. The van der Waals surface area contributed by atoms with E-state index in [-0.39, 0.29) is 5.84 Å². The van der Waals surface area contributed by atoms with Crippen molar-refractivity contribution >= 4 is 28.5 Å². The number of pyridine rings is 1. The summed E-state index contributed by atoms with van der Waals surface area (Å²) in [5, 5.41) is 7.67. The fourth-order valence-electron chi connectivity index (χ4n) is 2.15. The van der Waals surface area contributed by atoms with Crippen molar-refractivity contribution in [3.8, 4) is 0 Å². The zero-order valence-corrected chi connectivity index (χ0v) is 11.5. The van der Waals surface area contributed by atoms with Crippen molar-refractivity contribution in [1.29, 1.82) is 5.41 Å². The van der Waals surface area contributed by atoms with Gasteiger partial charge in [-0.25, -0.2) is 9.97 Å². The molecule has 104 valence electrons. The third-order valence-electron chi connectivity index (χ3n) is 3.22. The van der Waals surface area contributed by atoms with Crippen molar-refractivity contribution in [2.45, 2.75) is 0 Å². The molecule has 0 saturated carbocycles. The van der Waals surface area contributed by atoms with Crippen LogP contribution in [-0.2, 0) is 0 Å². The molecule has 3 aromatic rings. The Balaban J connectivity index is 2.08. The number of nitrogen functional groups attached to an aromatic ring is 1. The standard InChI is InChI=1S/C15H14N6/c1-21(12-5-3-2-4-10(12)14(16)17)13-7-6-11-15(20-13)19-9-8-18-11/h2-9H,1H3,(H3,16,17). The smallest absolute Gasteiger partial charge is 0.180 e. The third kappa shape index (κ3) is 2.38. The van der Waals surface area contributed by atoms with Gasteiger partial charge in [-0.1, -0.05) is 12.1 Å². The minimum absolute atomic E-state index is 0.0260. The first-order valence-electron chi connectivity index (χ1n) is 6.42. The lowest BCUT2D eigenvalue weighted by molar-refractivity contribution is 1.12. The van der Waals surface area contributed by atoms with E-state index in [1.165, 1.54) is 0 Å². The van der Waals surface area contributed by atoms with Crippen LogP contribution < -0.4 is 10.6 Å². The van der Waals surface area contributed by atoms with E-state index in [2.05, 4.69) is 15.0 Å². The number of aromatic nitrogens is 3. The molecule has 0 radical (unpaired) electrons. The van der Waals surface area contributed by atoms with Gasteiger partial charge in [0.05, 0.1) is 5.69 Å². The van der Waals surface area contributed by atoms with Crippen molar-refractivity contribution in [3.63, 3.8) is 0 Å². The number of hydrogen-bond donors (Lipinski definition) is 2. The van der Waals surface area contributed by atoms with Crippen LogP contribution in [0.3, 0.4) is 0 Å². The highest BCUT2D eigenvalue weighted by Gasteiger charge is 2.12. The molecular weight excluding hydrogens is 264 g/mol. The number of para-hydroxylation sites is 1. The maximum atomic E-state index is 7.67. The lowest BCUT2D eigenvalue weighted by Crippen LogP contribution is -2.19. The van der Waals surface area contributed by atoms with Gasteiger partial charge in [-0.05, 0) is 24.3 Å². The van der Waals surface area contributed by atoms with Crippen LogP contribution in [0.1, 0.15) is 5.56 Å². The van der Waals surface area contributed by atoms with Gasteiger partial charge >= 0.3 is 0 Å². The van der Waals surface area contributed by atoms with Gasteiger partial charge in [0.25, 0.3) is 0 Å². The van der Waals surface area contributed by atoms with Crippen LogP contribution in [0.25, 0.3) is 11.2 Å². The molecule has 2 heterocycles. The Labute approximate surface area is 121 Å². The second kappa shape index (κ2) is 5.16. The van der Waals surface area contributed by atoms with Crippen LogP contribution in [-0.4, -0.2) is 27.8 Å². The summed E-state index contributed by atoms with van der Waals surface area (Å²) in [6.45, 7) is 0. The third-order valence-corrected chi connectivity index (χ3v) is 3.22. The van der Waals surface area contributed by atoms with Gasteiger partial charge in [0, 0.05) is 25.0 Å². The summed E-state index contributed by atoms with van der Waals surface area (Å²) in [4.78, 5) is 14.8. The van der Waals surface area contributed by atoms with Crippen LogP contribution >= 0.6 is 0 Å². The molecule has 21 heavy (non-hydrogen) atoms. The number of nitrogens with one attached hydrogen (secondary N) is 1. The number of nitrogens with two attached hydrogens (primary N) is 1. The number of amidine groups is 1. The molecule has 0 amide bonds. The average Bonchev–Trinajstić information content (AvgIpc) is 2.53. The van der Waals surface area contributed by atoms with E-state index >= 15 is 0 Å². The first kappa shape index (κ1) is 13.0. The molecule has 3 N–H and O–H groups in total. The molecule has 2 aromatic heterocycles. The molecule has 0 fully saturated rings. The molecule has 6 nitrogen and oxygen atoms in total. The minimum atomic E-state index is 0.0260. The van der Waals surface area contributed by atoms with E-state index in [0.29, 0.717) is 11.2 Å². The molecule has 0 saturated heterocycles. The fraction of sp³-hybridized carbons (Fsp3) is 0.0667. The average molecular weight is 278 g/mol. The molecule has 6 heteroatoms. The summed E-state index contributed by atoms with van der Waals surface area (Å²) >= 11 is 0. The topological polar surface area (TPSA) is 91.8 Å². The summed E-state index contributed by atoms with van der Waals surface area (Å²) in [5.41, 5.74) is 8.45. The number of hydrogen-bond acceptors (Lipinski definition) is 5. The molecule has 0 aliphatic rings. The quantitative estimate of drug-likeness (QED) is 0.565. The van der Waals surface area contributed by atoms with Crippen molar-refractivity contribution < 1.29 is 0 Å². The largest absolute Gasteiger partial charge is 0.384 e. The molecule has 3 rings (SSSR count). The molecule has 1 aromatic carbocycles. The molecular formula is C15H14N6. The van der Waals surface area contributed by atoms with Crippen molar-refractivity contribution in [2.24, 2.45) is 5.73 Å². The first-order chi connectivity index (χ1) is 10.2.